The van der Waals surface area contributed by atoms with E-state index in [9.17, 15) is 18.0 Å². The molecule has 1 rings (SSSR count). The summed E-state index contributed by atoms with van der Waals surface area (Å²) in [6.45, 7) is -0.395. The number of benzene rings is 1. The molecule has 0 aliphatic heterocycles. The van der Waals surface area contributed by atoms with Crippen LogP contribution in [0.5, 0.6) is 0 Å². The highest BCUT2D eigenvalue weighted by atomic mass is 127. The summed E-state index contributed by atoms with van der Waals surface area (Å²) in [4.78, 5) is 11.4. The number of alkyl halides is 3. The van der Waals surface area contributed by atoms with Crippen molar-refractivity contribution in [1.82, 2.24) is 5.32 Å². The van der Waals surface area contributed by atoms with Crippen molar-refractivity contribution in [3.8, 4) is 0 Å². The molecule has 2 nitrogen and oxygen atoms in total. The summed E-state index contributed by atoms with van der Waals surface area (Å²) in [5.41, 5.74) is 0.370. The van der Waals surface area contributed by atoms with E-state index in [4.69, 9.17) is 0 Å². The Morgan fingerprint density at radius 3 is 2.62 bits per heavy atom. The highest BCUT2D eigenvalue weighted by molar-refractivity contribution is 14.1. The van der Waals surface area contributed by atoms with E-state index in [0.29, 0.717) is 5.56 Å². The fourth-order valence-electron chi connectivity index (χ4n) is 1.05. The van der Waals surface area contributed by atoms with E-state index in [1.54, 1.807) is 24.3 Å². The number of amides is 1. The van der Waals surface area contributed by atoms with E-state index >= 15 is 0 Å². The first-order valence-corrected chi connectivity index (χ1v) is 5.57. The Labute approximate surface area is 104 Å². The Morgan fingerprint density at radius 2 is 2.06 bits per heavy atom. The lowest BCUT2D eigenvalue weighted by molar-refractivity contribution is -0.132. The van der Waals surface area contributed by atoms with Crippen molar-refractivity contribution in [3.63, 3.8) is 0 Å². The van der Waals surface area contributed by atoms with Crippen molar-refractivity contribution in [2.75, 3.05) is 6.54 Å². The van der Waals surface area contributed by atoms with Crippen LogP contribution in [0.4, 0.5) is 13.2 Å². The Hall–Kier alpha value is -0.790. The van der Waals surface area contributed by atoms with Gasteiger partial charge in [0.25, 0.3) is 5.91 Å². The highest BCUT2D eigenvalue weighted by Gasteiger charge is 2.26. The third-order valence-electron chi connectivity index (χ3n) is 1.78. The SMILES string of the molecule is O=C(NCCC(F)(F)F)c1cccc(I)c1. The lowest BCUT2D eigenvalue weighted by Crippen LogP contribution is -2.27. The second-order valence-electron chi connectivity index (χ2n) is 3.13. The minimum atomic E-state index is -4.24. The molecule has 1 aromatic rings. The lowest BCUT2D eigenvalue weighted by atomic mass is 10.2. The maximum Gasteiger partial charge on any atom is 0.390 e. The summed E-state index contributed by atoms with van der Waals surface area (Å²) in [5, 5.41) is 2.22. The minimum Gasteiger partial charge on any atom is -0.352 e. The Balaban J connectivity index is 2.47. The summed E-state index contributed by atoms with van der Waals surface area (Å²) < 4.78 is 36.3. The molecule has 0 aliphatic rings. The summed E-state index contributed by atoms with van der Waals surface area (Å²) in [5.74, 6) is -0.484. The van der Waals surface area contributed by atoms with Gasteiger partial charge in [0.15, 0.2) is 0 Å². The van der Waals surface area contributed by atoms with Gasteiger partial charge in [-0.3, -0.25) is 4.79 Å². The predicted octanol–water partition coefficient (Wildman–Crippen LogP) is 2.97. The number of rotatable bonds is 3. The van der Waals surface area contributed by atoms with Crippen molar-refractivity contribution in [2.45, 2.75) is 12.6 Å². The smallest absolute Gasteiger partial charge is 0.352 e. The molecule has 16 heavy (non-hydrogen) atoms. The largest absolute Gasteiger partial charge is 0.390 e. The van der Waals surface area contributed by atoms with Gasteiger partial charge in [-0.2, -0.15) is 13.2 Å². The van der Waals surface area contributed by atoms with Crippen LogP contribution in [-0.4, -0.2) is 18.6 Å². The summed E-state index contributed by atoms with van der Waals surface area (Å²) in [7, 11) is 0. The van der Waals surface area contributed by atoms with Gasteiger partial charge in [-0.1, -0.05) is 6.07 Å². The van der Waals surface area contributed by atoms with Gasteiger partial charge in [-0.15, -0.1) is 0 Å². The number of carbonyl (C=O) groups is 1. The zero-order chi connectivity index (χ0) is 12.2. The quantitative estimate of drug-likeness (QED) is 0.840. The van der Waals surface area contributed by atoms with E-state index in [-0.39, 0.29) is 0 Å². The van der Waals surface area contributed by atoms with Crippen LogP contribution in [0, 0.1) is 3.57 Å². The van der Waals surface area contributed by atoms with Gasteiger partial charge >= 0.3 is 6.18 Å². The molecule has 0 unspecified atom stereocenters. The van der Waals surface area contributed by atoms with Gasteiger partial charge in [-0.25, -0.2) is 0 Å². The first-order valence-electron chi connectivity index (χ1n) is 4.49. The second kappa shape index (κ2) is 5.51. The molecule has 0 atom stereocenters. The van der Waals surface area contributed by atoms with E-state index in [1.165, 1.54) is 0 Å². The third-order valence-corrected chi connectivity index (χ3v) is 2.45. The van der Waals surface area contributed by atoms with Crippen LogP contribution in [0.15, 0.2) is 24.3 Å². The van der Waals surface area contributed by atoms with Crippen molar-refractivity contribution in [2.24, 2.45) is 0 Å². The zero-order valence-corrected chi connectivity index (χ0v) is 10.3. The fourth-order valence-corrected chi connectivity index (χ4v) is 1.59. The normalized spacial score (nSPS) is 11.2. The molecule has 1 aromatic carbocycles. The lowest BCUT2D eigenvalue weighted by Gasteiger charge is -2.07. The summed E-state index contributed by atoms with van der Waals surface area (Å²) in [6.07, 6.45) is -5.25. The van der Waals surface area contributed by atoms with Crippen molar-refractivity contribution >= 4 is 28.5 Å². The predicted molar refractivity (Wildman–Crippen MR) is 62.2 cm³/mol. The van der Waals surface area contributed by atoms with E-state index in [1.807, 2.05) is 22.6 Å². The van der Waals surface area contributed by atoms with Crippen LogP contribution in [0.3, 0.4) is 0 Å². The first-order chi connectivity index (χ1) is 7.38. The van der Waals surface area contributed by atoms with Crippen LogP contribution in [0.25, 0.3) is 0 Å². The number of hydrogen-bond acceptors (Lipinski definition) is 1. The van der Waals surface area contributed by atoms with E-state index in [2.05, 4.69) is 5.32 Å². The van der Waals surface area contributed by atoms with Crippen molar-refractivity contribution in [1.29, 1.82) is 0 Å². The number of hydrogen-bond donors (Lipinski definition) is 1. The van der Waals surface area contributed by atoms with Gasteiger partial charge in [-0.05, 0) is 40.8 Å². The molecule has 88 valence electrons. The first kappa shape index (κ1) is 13.3. The van der Waals surface area contributed by atoms with Gasteiger partial charge in [0.05, 0.1) is 6.42 Å². The van der Waals surface area contributed by atoms with E-state index in [0.717, 1.165) is 3.57 Å². The average Bonchev–Trinajstić information content (AvgIpc) is 2.15. The molecule has 0 saturated heterocycles. The molecule has 0 heterocycles. The van der Waals surface area contributed by atoms with Crippen LogP contribution in [0.2, 0.25) is 0 Å². The van der Waals surface area contributed by atoms with Crippen LogP contribution < -0.4 is 5.32 Å². The van der Waals surface area contributed by atoms with E-state index < -0.39 is 25.0 Å². The maximum atomic E-state index is 11.8. The molecule has 1 amide bonds. The zero-order valence-electron chi connectivity index (χ0n) is 8.14. The Morgan fingerprint density at radius 1 is 1.38 bits per heavy atom. The second-order valence-corrected chi connectivity index (χ2v) is 4.38. The molecule has 1 N–H and O–H groups in total. The molecular weight excluding hydrogens is 334 g/mol. The molecule has 0 spiro atoms. The standard InChI is InChI=1S/C10H9F3INO/c11-10(12,13)4-5-15-9(16)7-2-1-3-8(14)6-7/h1-3,6H,4-5H2,(H,15,16). The third kappa shape index (κ3) is 4.82. The molecule has 0 aliphatic carbocycles. The Kier molecular flexibility index (Phi) is 4.57. The van der Waals surface area contributed by atoms with Crippen LogP contribution in [-0.2, 0) is 0 Å². The highest BCUT2D eigenvalue weighted by Crippen LogP contribution is 2.18. The van der Waals surface area contributed by atoms with Crippen LogP contribution in [0.1, 0.15) is 16.8 Å². The molecule has 6 heteroatoms. The average molecular weight is 343 g/mol. The molecule has 0 saturated carbocycles. The van der Waals surface area contributed by atoms with Gasteiger partial charge in [0, 0.05) is 15.7 Å². The van der Waals surface area contributed by atoms with Gasteiger partial charge < -0.3 is 5.32 Å². The van der Waals surface area contributed by atoms with Gasteiger partial charge in [0.2, 0.25) is 0 Å². The molecule has 0 aromatic heterocycles. The minimum absolute atomic E-state index is 0.370. The monoisotopic (exact) mass is 343 g/mol. The molecule has 0 radical (unpaired) electrons. The summed E-state index contributed by atoms with van der Waals surface area (Å²) in [6, 6.07) is 6.65. The molecular formula is C10H9F3INO. The van der Waals surface area contributed by atoms with Gasteiger partial charge in [0.1, 0.15) is 0 Å². The summed E-state index contributed by atoms with van der Waals surface area (Å²) >= 11 is 2.03. The fraction of sp³-hybridized carbons (Fsp3) is 0.300. The maximum absolute atomic E-state index is 11.8. The molecule has 0 bridgehead atoms. The number of halogens is 4. The molecule has 0 fully saturated rings. The topological polar surface area (TPSA) is 29.1 Å². The van der Waals surface area contributed by atoms with Crippen LogP contribution >= 0.6 is 22.6 Å². The van der Waals surface area contributed by atoms with Crippen molar-refractivity contribution < 1.29 is 18.0 Å². The Bertz CT molecular complexity index is 379. The number of carbonyl (C=O) groups excluding carboxylic acids is 1. The van der Waals surface area contributed by atoms with Crippen molar-refractivity contribution in [3.05, 3.63) is 33.4 Å². The number of nitrogens with one attached hydrogen (secondary N) is 1.